The van der Waals surface area contributed by atoms with Crippen LogP contribution in [0, 0.1) is 0 Å². The van der Waals surface area contributed by atoms with Gasteiger partial charge in [0.15, 0.2) is 15.7 Å². The Bertz CT molecular complexity index is 1570. The Morgan fingerprint density at radius 3 is 2.28 bits per heavy atom. The summed E-state index contributed by atoms with van der Waals surface area (Å²) in [5, 5.41) is 8.11. The van der Waals surface area contributed by atoms with Crippen molar-refractivity contribution in [3.63, 3.8) is 0 Å². The Hall–Kier alpha value is -4.83. The van der Waals surface area contributed by atoms with E-state index in [0.29, 0.717) is 22.5 Å². The molecule has 39 heavy (non-hydrogen) atoms. The first-order chi connectivity index (χ1) is 18.7. The molecule has 4 rings (SSSR count). The van der Waals surface area contributed by atoms with E-state index in [0.717, 1.165) is 11.1 Å². The number of nitrogens with zero attached hydrogens (tertiary/aromatic N) is 2. The molecule has 0 saturated carbocycles. The summed E-state index contributed by atoms with van der Waals surface area (Å²) in [5.41, 5.74) is 13.1. The monoisotopic (exact) mass is 543 g/mol. The number of oxime groups is 1. The van der Waals surface area contributed by atoms with Crippen LogP contribution in [0.5, 0.6) is 0 Å². The molecule has 4 aromatic rings. The summed E-state index contributed by atoms with van der Waals surface area (Å²) in [6.07, 6.45) is 1.18. The summed E-state index contributed by atoms with van der Waals surface area (Å²) in [6, 6.07) is 30.2. The molecule has 0 aliphatic rings. The third kappa shape index (κ3) is 7.14. The predicted octanol–water partition coefficient (Wildman–Crippen LogP) is 5.09. The zero-order valence-electron chi connectivity index (χ0n) is 21.5. The molecule has 0 saturated heterocycles. The van der Waals surface area contributed by atoms with Crippen molar-refractivity contribution in [3.8, 4) is 11.1 Å². The molecule has 0 radical (unpaired) electrons. The van der Waals surface area contributed by atoms with Crippen molar-refractivity contribution in [2.75, 3.05) is 24.1 Å². The highest BCUT2D eigenvalue weighted by Crippen LogP contribution is 2.28. The van der Waals surface area contributed by atoms with Crippen molar-refractivity contribution < 1.29 is 18.0 Å². The van der Waals surface area contributed by atoms with Crippen molar-refractivity contribution >= 4 is 33.1 Å². The number of carbonyl (C=O) groups excluding carboxylic acids is 1. The first kappa shape index (κ1) is 27.2. The van der Waals surface area contributed by atoms with E-state index in [1.165, 1.54) is 18.4 Å². The molecule has 0 aromatic heterocycles. The van der Waals surface area contributed by atoms with Crippen LogP contribution in [0.15, 0.2) is 113 Å². The second-order valence-electron chi connectivity index (χ2n) is 8.70. The highest BCUT2D eigenvalue weighted by molar-refractivity contribution is 7.90. The number of urea groups is 1. The zero-order valence-corrected chi connectivity index (χ0v) is 22.4. The number of amidine groups is 1. The largest absolute Gasteiger partial charge is 0.397 e. The minimum absolute atomic E-state index is 0.206. The van der Waals surface area contributed by atoms with E-state index in [-0.39, 0.29) is 17.3 Å². The van der Waals surface area contributed by atoms with Gasteiger partial charge in [-0.2, -0.15) is 0 Å². The summed E-state index contributed by atoms with van der Waals surface area (Å²) < 4.78 is 24.4. The fourth-order valence-corrected chi connectivity index (χ4v) is 4.85. The number of rotatable bonds is 9. The number of benzene rings is 4. The van der Waals surface area contributed by atoms with Crippen molar-refractivity contribution in [1.82, 2.24) is 5.01 Å². The third-order valence-corrected chi connectivity index (χ3v) is 6.93. The lowest BCUT2D eigenvalue weighted by molar-refractivity contribution is 0.213. The van der Waals surface area contributed by atoms with Crippen LogP contribution in [0.4, 0.5) is 16.2 Å². The smallest absolute Gasteiger partial charge is 0.340 e. The van der Waals surface area contributed by atoms with Gasteiger partial charge in [0.2, 0.25) is 0 Å². The normalized spacial score (nSPS) is 11.5. The molecule has 0 aliphatic carbocycles. The van der Waals surface area contributed by atoms with E-state index >= 15 is 0 Å². The first-order valence-corrected chi connectivity index (χ1v) is 13.9. The zero-order chi connectivity index (χ0) is 27.8. The minimum atomic E-state index is -3.40. The fourth-order valence-electron chi connectivity index (χ4n) is 3.94. The lowest BCUT2D eigenvalue weighted by Crippen LogP contribution is -2.39. The molecule has 0 heterocycles. The van der Waals surface area contributed by atoms with E-state index in [2.05, 4.69) is 15.9 Å². The molecule has 0 spiro atoms. The number of hydrogen-bond donors (Lipinski definition) is 3. The molecule has 10 heteroatoms. The number of anilines is 2. The van der Waals surface area contributed by atoms with Gasteiger partial charge in [-0.15, -0.1) is 0 Å². The quantitative estimate of drug-likeness (QED) is 0.153. The molecule has 0 bridgehead atoms. The van der Waals surface area contributed by atoms with E-state index < -0.39 is 15.9 Å². The number of hydrogen-bond acceptors (Lipinski definition) is 6. The molecule has 0 fully saturated rings. The maximum Gasteiger partial charge on any atom is 0.340 e. The van der Waals surface area contributed by atoms with Gasteiger partial charge in [0.05, 0.1) is 17.1 Å². The maximum atomic E-state index is 13.4. The van der Waals surface area contributed by atoms with E-state index in [4.69, 9.17) is 10.6 Å². The second kappa shape index (κ2) is 12.1. The number of nitrogens with one attached hydrogen (secondary N) is 2. The SMILES string of the molecule is CO/N=C(\N)c1cccc(NN(Cc2ccccc2)C(=O)Nc2ccc(-c3ccccc3S(C)(=O)=O)cc2)c1. The molecule has 2 amide bonds. The third-order valence-electron chi connectivity index (χ3n) is 5.77. The van der Waals surface area contributed by atoms with Gasteiger partial charge >= 0.3 is 6.03 Å². The standard InChI is InChI=1S/C29H29N5O4S/c1-38-33-28(30)23-11-8-12-25(19-23)32-34(20-21-9-4-3-5-10-21)29(35)31-24-17-15-22(16-18-24)26-13-6-7-14-27(26)39(2,36)37/h3-19,32H,20H2,1-2H3,(H2,30,33)(H,31,35). The van der Waals surface area contributed by atoms with Crippen LogP contribution in [-0.4, -0.2) is 38.7 Å². The lowest BCUT2D eigenvalue weighted by Gasteiger charge is -2.25. The summed E-state index contributed by atoms with van der Waals surface area (Å²) in [7, 11) is -1.99. The average molecular weight is 544 g/mol. The number of amides is 2. The molecule has 0 aliphatic heterocycles. The average Bonchev–Trinajstić information content (AvgIpc) is 2.93. The minimum Gasteiger partial charge on any atom is -0.397 e. The van der Waals surface area contributed by atoms with Gasteiger partial charge in [0, 0.05) is 23.1 Å². The topological polar surface area (TPSA) is 126 Å². The Morgan fingerprint density at radius 1 is 0.897 bits per heavy atom. The number of nitrogens with two attached hydrogens (primary N) is 1. The van der Waals surface area contributed by atoms with Crippen LogP contribution in [-0.2, 0) is 21.2 Å². The number of sulfone groups is 1. The second-order valence-corrected chi connectivity index (χ2v) is 10.7. The van der Waals surface area contributed by atoms with Gasteiger partial charge in [-0.3, -0.25) is 5.43 Å². The predicted molar refractivity (Wildman–Crippen MR) is 154 cm³/mol. The van der Waals surface area contributed by atoms with Crippen LogP contribution < -0.4 is 16.5 Å². The first-order valence-electron chi connectivity index (χ1n) is 12.0. The Kier molecular flexibility index (Phi) is 8.47. The van der Waals surface area contributed by atoms with Gasteiger partial charge in [0.25, 0.3) is 0 Å². The molecule has 200 valence electrons. The maximum absolute atomic E-state index is 13.4. The molecule has 4 N–H and O–H groups in total. The van der Waals surface area contributed by atoms with Crippen LogP contribution in [0.3, 0.4) is 0 Å². The highest BCUT2D eigenvalue weighted by Gasteiger charge is 2.17. The highest BCUT2D eigenvalue weighted by atomic mass is 32.2. The van der Waals surface area contributed by atoms with Gasteiger partial charge in [-0.05, 0) is 41.5 Å². The van der Waals surface area contributed by atoms with Crippen molar-refractivity contribution in [2.24, 2.45) is 10.9 Å². The summed E-state index contributed by atoms with van der Waals surface area (Å²) in [4.78, 5) is 18.4. The lowest BCUT2D eigenvalue weighted by atomic mass is 10.1. The fraction of sp³-hybridized carbons (Fsp3) is 0.103. The molecule has 4 aromatic carbocycles. The van der Waals surface area contributed by atoms with Crippen LogP contribution >= 0.6 is 0 Å². The summed E-state index contributed by atoms with van der Waals surface area (Å²) >= 11 is 0. The van der Waals surface area contributed by atoms with Gasteiger partial charge < -0.3 is 15.9 Å². The molecule has 9 nitrogen and oxygen atoms in total. The Labute approximate surface area is 227 Å². The molecule has 0 unspecified atom stereocenters. The van der Waals surface area contributed by atoms with Gasteiger partial charge in [-0.1, -0.05) is 78.0 Å². The van der Waals surface area contributed by atoms with E-state index in [1.807, 2.05) is 36.4 Å². The molecule has 0 atom stereocenters. The van der Waals surface area contributed by atoms with Gasteiger partial charge in [0.1, 0.15) is 7.11 Å². The molecular weight excluding hydrogens is 514 g/mol. The van der Waals surface area contributed by atoms with E-state index in [9.17, 15) is 13.2 Å². The van der Waals surface area contributed by atoms with Gasteiger partial charge in [-0.25, -0.2) is 18.2 Å². The summed E-state index contributed by atoms with van der Waals surface area (Å²) in [6.45, 7) is 0.276. The van der Waals surface area contributed by atoms with Crippen LogP contribution in [0.2, 0.25) is 0 Å². The number of hydrazine groups is 1. The van der Waals surface area contributed by atoms with Crippen molar-refractivity contribution in [3.05, 3.63) is 114 Å². The van der Waals surface area contributed by atoms with Crippen LogP contribution in [0.1, 0.15) is 11.1 Å². The van der Waals surface area contributed by atoms with Crippen LogP contribution in [0.25, 0.3) is 11.1 Å². The summed E-state index contributed by atoms with van der Waals surface area (Å²) in [5.74, 6) is 0.206. The van der Waals surface area contributed by atoms with E-state index in [1.54, 1.807) is 66.7 Å². The Balaban J connectivity index is 1.56. The molecular formula is C29H29N5O4S. The Morgan fingerprint density at radius 2 is 1.59 bits per heavy atom. The van der Waals surface area contributed by atoms with Crippen molar-refractivity contribution in [2.45, 2.75) is 11.4 Å². The van der Waals surface area contributed by atoms with Crippen molar-refractivity contribution in [1.29, 1.82) is 0 Å². The number of carbonyl (C=O) groups is 1.